The Morgan fingerprint density at radius 3 is 2.44 bits per heavy atom. The van der Waals surface area contributed by atoms with Gasteiger partial charge in [-0.15, -0.1) is 34.3 Å². The van der Waals surface area contributed by atoms with Gasteiger partial charge in [0.1, 0.15) is 15.7 Å². The molecule has 5 heteroatoms. The lowest BCUT2D eigenvalue weighted by Crippen LogP contribution is -1.80. The van der Waals surface area contributed by atoms with E-state index in [0.717, 1.165) is 27.0 Å². The van der Waals surface area contributed by atoms with Gasteiger partial charge in [-0.2, -0.15) is 0 Å². The van der Waals surface area contributed by atoms with Crippen molar-refractivity contribution < 1.29 is 0 Å². The van der Waals surface area contributed by atoms with Crippen molar-refractivity contribution in [3.8, 4) is 21.3 Å². The summed E-state index contributed by atoms with van der Waals surface area (Å²) in [6.45, 7) is 0. The summed E-state index contributed by atoms with van der Waals surface area (Å²) in [6, 6.07) is 10.2. The van der Waals surface area contributed by atoms with E-state index in [-0.39, 0.29) is 0 Å². The molecule has 0 fully saturated rings. The maximum atomic E-state index is 5.76. The van der Waals surface area contributed by atoms with Gasteiger partial charge in [0, 0.05) is 16.3 Å². The van der Waals surface area contributed by atoms with Crippen LogP contribution in [0.25, 0.3) is 21.3 Å². The van der Waals surface area contributed by atoms with Gasteiger partial charge in [0.15, 0.2) is 0 Å². The molecule has 3 rings (SSSR count). The SMILES string of the molecule is ClCc1csc(-c2csc(-c3ccccc3)n2)n1. The average Bonchev–Trinajstić information content (AvgIpc) is 3.08. The van der Waals surface area contributed by atoms with Crippen molar-refractivity contribution in [2.24, 2.45) is 0 Å². The maximum absolute atomic E-state index is 5.76. The fourth-order valence-electron chi connectivity index (χ4n) is 1.57. The van der Waals surface area contributed by atoms with Gasteiger partial charge in [0.05, 0.1) is 11.6 Å². The van der Waals surface area contributed by atoms with Crippen LogP contribution in [0.15, 0.2) is 41.1 Å². The molecule has 90 valence electrons. The molecule has 0 aliphatic rings. The predicted octanol–water partition coefficient (Wildman–Crippen LogP) is 4.67. The third-order valence-corrected chi connectivity index (χ3v) is 4.51. The summed E-state index contributed by atoms with van der Waals surface area (Å²) in [4.78, 5) is 9.06. The molecule has 0 amide bonds. The number of nitrogens with zero attached hydrogens (tertiary/aromatic N) is 2. The van der Waals surface area contributed by atoms with Gasteiger partial charge in [0.25, 0.3) is 0 Å². The molecule has 0 spiro atoms. The molecule has 0 N–H and O–H groups in total. The van der Waals surface area contributed by atoms with Crippen LogP contribution in [-0.4, -0.2) is 9.97 Å². The first kappa shape index (κ1) is 11.8. The second-order valence-electron chi connectivity index (χ2n) is 3.68. The fraction of sp³-hybridized carbons (Fsp3) is 0.0769. The number of aromatic nitrogens is 2. The Hall–Kier alpha value is -1.23. The zero-order chi connectivity index (χ0) is 12.4. The number of halogens is 1. The van der Waals surface area contributed by atoms with Crippen molar-refractivity contribution >= 4 is 34.3 Å². The van der Waals surface area contributed by atoms with Gasteiger partial charge >= 0.3 is 0 Å². The molecule has 0 aliphatic heterocycles. The Balaban J connectivity index is 1.94. The largest absolute Gasteiger partial charge is 0.238 e. The van der Waals surface area contributed by atoms with E-state index in [1.165, 1.54) is 0 Å². The van der Waals surface area contributed by atoms with E-state index in [1.807, 2.05) is 29.0 Å². The molecule has 2 heterocycles. The number of benzene rings is 1. The molecule has 0 saturated heterocycles. The van der Waals surface area contributed by atoms with Crippen LogP contribution in [-0.2, 0) is 5.88 Å². The molecule has 0 aliphatic carbocycles. The average molecular weight is 293 g/mol. The number of thiazole rings is 2. The lowest BCUT2D eigenvalue weighted by molar-refractivity contribution is 1.22. The van der Waals surface area contributed by atoms with E-state index in [9.17, 15) is 0 Å². The molecule has 3 aromatic rings. The van der Waals surface area contributed by atoms with Crippen LogP contribution in [0, 0.1) is 0 Å². The van der Waals surface area contributed by atoms with Crippen molar-refractivity contribution in [3.05, 3.63) is 46.8 Å². The summed E-state index contributed by atoms with van der Waals surface area (Å²) in [7, 11) is 0. The zero-order valence-electron chi connectivity index (χ0n) is 9.34. The Kier molecular flexibility index (Phi) is 3.41. The van der Waals surface area contributed by atoms with Gasteiger partial charge in [-0.05, 0) is 0 Å². The Bertz CT molecular complexity index is 646. The first-order chi connectivity index (χ1) is 8.86. The summed E-state index contributed by atoms with van der Waals surface area (Å²) < 4.78 is 0. The fourth-order valence-corrected chi connectivity index (χ4v) is 3.46. The molecular weight excluding hydrogens is 284 g/mol. The number of alkyl halides is 1. The maximum Gasteiger partial charge on any atom is 0.143 e. The Morgan fingerprint density at radius 2 is 1.72 bits per heavy atom. The quantitative estimate of drug-likeness (QED) is 0.656. The molecule has 0 atom stereocenters. The van der Waals surface area contributed by atoms with Crippen LogP contribution in [0.2, 0.25) is 0 Å². The normalized spacial score (nSPS) is 10.7. The van der Waals surface area contributed by atoms with E-state index < -0.39 is 0 Å². The van der Waals surface area contributed by atoms with Crippen molar-refractivity contribution in [2.45, 2.75) is 5.88 Å². The monoisotopic (exact) mass is 292 g/mol. The van der Waals surface area contributed by atoms with Gasteiger partial charge in [0.2, 0.25) is 0 Å². The topological polar surface area (TPSA) is 25.8 Å². The second-order valence-corrected chi connectivity index (χ2v) is 5.67. The van der Waals surface area contributed by atoms with E-state index in [4.69, 9.17) is 11.6 Å². The minimum atomic E-state index is 0.451. The predicted molar refractivity (Wildman–Crippen MR) is 78.2 cm³/mol. The molecule has 0 saturated carbocycles. The first-order valence-corrected chi connectivity index (χ1v) is 7.68. The van der Waals surface area contributed by atoms with E-state index in [0.29, 0.717) is 5.88 Å². The van der Waals surface area contributed by atoms with Gasteiger partial charge in [-0.3, -0.25) is 0 Å². The van der Waals surface area contributed by atoms with Crippen LogP contribution in [0.4, 0.5) is 0 Å². The molecular formula is C13H9ClN2S2. The summed E-state index contributed by atoms with van der Waals surface area (Å²) >= 11 is 8.98. The Morgan fingerprint density at radius 1 is 0.944 bits per heavy atom. The number of rotatable bonds is 3. The van der Waals surface area contributed by atoms with E-state index in [2.05, 4.69) is 22.1 Å². The third kappa shape index (κ3) is 2.32. The van der Waals surface area contributed by atoms with Gasteiger partial charge in [-0.25, -0.2) is 9.97 Å². The van der Waals surface area contributed by atoms with Crippen molar-refractivity contribution in [3.63, 3.8) is 0 Å². The highest BCUT2D eigenvalue weighted by Gasteiger charge is 2.09. The minimum Gasteiger partial charge on any atom is -0.238 e. The standard InChI is InChI=1S/C13H9ClN2S2/c14-6-10-7-17-13(15-10)11-8-18-12(16-11)9-4-2-1-3-5-9/h1-5,7-8H,6H2. The molecule has 18 heavy (non-hydrogen) atoms. The first-order valence-electron chi connectivity index (χ1n) is 5.38. The highest BCUT2D eigenvalue weighted by Crippen LogP contribution is 2.30. The lowest BCUT2D eigenvalue weighted by Gasteiger charge is -1.93. The zero-order valence-corrected chi connectivity index (χ0v) is 11.7. The summed E-state index contributed by atoms with van der Waals surface area (Å²) in [5.74, 6) is 0.451. The molecule has 0 unspecified atom stereocenters. The molecule has 0 radical (unpaired) electrons. The van der Waals surface area contributed by atoms with Crippen LogP contribution < -0.4 is 0 Å². The summed E-state index contributed by atoms with van der Waals surface area (Å²) in [5.41, 5.74) is 2.98. The molecule has 2 nitrogen and oxygen atoms in total. The Labute approximate surface area is 118 Å². The highest BCUT2D eigenvalue weighted by atomic mass is 35.5. The van der Waals surface area contributed by atoms with Crippen molar-refractivity contribution in [1.82, 2.24) is 9.97 Å². The smallest absolute Gasteiger partial charge is 0.143 e. The molecule has 1 aromatic carbocycles. The number of hydrogen-bond acceptors (Lipinski definition) is 4. The van der Waals surface area contributed by atoms with Crippen molar-refractivity contribution in [2.75, 3.05) is 0 Å². The van der Waals surface area contributed by atoms with Crippen LogP contribution in [0.5, 0.6) is 0 Å². The second kappa shape index (κ2) is 5.18. The summed E-state index contributed by atoms with van der Waals surface area (Å²) in [5, 5.41) is 5.97. The van der Waals surface area contributed by atoms with Crippen molar-refractivity contribution in [1.29, 1.82) is 0 Å². The van der Waals surface area contributed by atoms with Gasteiger partial charge < -0.3 is 0 Å². The summed E-state index contributed by atoms with van der Waals surface area (Å²) in [6.07, 6.45) is 0. The molecule has 0 bridgehead atoms. The van der Waals surface area contributed by atoms with Crippen LogP contribution in [0.3, 0.4) is 0 Å². The van der Waals surface area contributed by atoms with Crippen LogP contribution in [0.1, 0.15) is 5.69 Å². The van der Waals surface area contributed by atoms with Crippen LogP contribution >= 0.6 is 34.3 Å². The minimum absolute atomic E-state index is 0.451. The lowest BCUT2D eigenvalue weighted by atomic mass is 10.2. The number of hydrogen-bond donors (Lipinski definition) is 0. The van der Waals surface area contributed by atoms with E-state index >= 15 is 0 Å². The third-order valence-electron chi connectivity index (χ3n) is 2.43. The molecule has 2 aromatic heterocycles. The van der Waals surface area contributed by atoms with Gasteiger partial charge in [-0.1, -0.05) is 30.3 Å². The van der Waals surface area contributed by atoms with E-state index in [1.54, 1.807) is 22.7 Å². The highest BCUT2D eigenvalue weighted by molar-refractivity contribution is 7.15.